The van der Waals surface area contributed by atoms with E-state index in [1.165, 1.54) is 0 Å². The molecule has 8 heteroatoms. The second-order valence-corrected chi connectivity index (χ2v) is 8.48. The van der Waals surface area contributed by atoms with Crippen molar-refractivity contribution in [2.45, 2.75) is 12.1 Å². The largest absolute Gasteiger partial charge is 0.493 e. The van der Waals surface area contributed by atoms with Crippen molar-refractivity contribution < 1.29 is 14.2 Å². The van der Waals surface area contributed by atoms with E-state index in [9.17, 15) is 0 Å². The molecule has 170 valence electrons. The highest BCUT2D eigenvalue weighted by molar-refractivity contribution is 6.30. The van der Waals surface area contributed by atoms with E-state index in [2.05, 4.69) is 15.4 Å². The third kappa shape index (κ3) is 3.20. The molecule has 0 amide bonds. The SMILES string of the molecule is COc1ccc(C2C3=C(Nc4ncnn42)c2ccccc2OC3c2ccc(Cl)cc2)cc1OC. The lowest BCUT2D eigenvalue weighted by molar-refractivity contribution is 0.223. The van der Waals surface area contributed by atoms with Crippen molar-refractivity contribution in [2.75, 3.05) is 19.5 Å². The number of ether oxygens (including phenoxy) is 3. The zero-order valence-electron chi connectivity index (χ0n) is 18.5. The average Bonchev–Trinajstić information content (AvgIpc) is 3.35. The first-order valence-electron chi connectivity index (χ1n) is 10.8. The third-order valence-electron chi connectivity index (χ3n) is 6.22. The number of benzene rings is 3. The summed E-state index contributed by atoms with van der Waals surface area (Å²) < 4.78 is 19.6. The van der Waals surface area contributed by atoms with Crippen molar-refractivity contribution in [2.24, 2.45) is 0 Å². The number of nitrogens with one attached hydrogen (secondary N) is 1. The lowest BCUT2D eigenvalue weighted by Gasteiger charge is -2.39. The topological polar surface area (TPSA) is 70.4 Å². The number of hydrogen-bond donors (Lipinski definition) is 1. The van der Waals surface area contributed by atoms with Crippen LogP contribution < -0.4 is 19.5 Å². The second kappa shape index (κ2) is 8.11. The quantitative estimate of drug-likeness (QED) is 0.422. The van der Waals surface area contributed by atoms with Gasteiger partial charge >= 0.3 is 0 Å². The van der Waals surface area contributed by atoms with E-state index in [1.54, 1.807) is 20.5 Å². The fraction of sp³-hybridized carbons (Fsp3) is 0.154. The normalized spacial score (nSPS) is 18.2. The first kappa shape index (κ1) is 20.6. The van der Waals surface area contributed by atoms with Crippen LogP contribution in [0.25, 0.3) is 5.70 Å². The van der Waals surface area contributed by atoms with Gasteiger partial charge in [-0.05, 0) is 47.5 Å². The van der Waals surface area contributed by atoms with Crippen LogP contribution in [-0.2, 0) is 0 Å². The number of rotatable bonds is 4. The molecule has 1 N–H and O–H groups in total. The summed E-state index contributed by atoms with van der Waals surface area (Å²) in [5, 5.41) is 8.74. The minimum Gasteiger partial charge on any atom is -0.493 e. The van der Waals surface area contributed by atoms with E-state index in [-0.39, 0.29) is 12.1 Å². The number of nitrogens with zero attached hydrogens (tertiary/aromatic N) is 3. The maximum Gasteiger partial charge on any atom is 0.226 e. The Morgan fingerprint density at radius 3 is 2.50 bits per heavy atom. The smallest absolute Gasteiger partial charge is 0.226 e. The molecule has 2 unspecified atom stereocenters. The van der Waals surface area contributed by atoms with Gasteiger partial charge in [-0.25, -0.2) is 4.68 Å². The van der Waals surface area contributed by atoms with Crippen molar-refractivity contribution in [1.29, 1.82) is 0 Å². The minimum absolute atomic E-state index is 0.289. The summed E-state index contributed by atoms with van der Waals surface area (Å²) in [5.41, 5.74) is 4.92. The van der Waals surface area contributed by atoms with Gasteiger partial charge in [-0.15, -0.1) is 0 Å². The van der Waals surface area contributed by atoms with Gasteiger partial charge in [-0.1, -0.05) is 41.9 Å². The Morgan fingerprint density at radius 1 is 0.941 bits per heavy atom. The number of hydrogen-bond acceptors (Lipinski definition) is 6. The van der Waals surface area contributed by atoms with Gasteiger partial charge in [-0.3, -0.25) is 0 Å². The van der Waals surface area contributed by atoms with Crippen molar-refractivity contribution in [1.82, 2.24) is 14.8 Å². The van der Waals surface area contributed by atoms with Gasteiger partial charge in [0, 0.05) is 16.2 Å². The molecule has 0 aliphatic carbocycles. The number of methoxy groups -OCH3 is 2. The van der Waals surface area contributed by atoms with Crippen molar-refractivity contribution in [3.63, 3.8) is 0 Å². The van der Waals surface area contributed by atoms with E-state index in [1.807, 2.05) is 71.4 Å². The maximum atomic E-state index is 6.61. The number of para-hydroxylation sites is 1. The van der Waals surface area contributed by atoms with E-state index < -0.39 is 0 Å². The summed E-state index contributed by atoms with van der Waals surface area (Å²) in [6.07, 6.45) is 1.18. The Balaban J connectivity index is 1.61. The molecule has 7 nitrogen and oxygen atoms in total. The standard InChI is InChI=1S/C26H21ClN4O3/c1-32-20-12-9-16(13-21(20)33-2)24-22-23(30-26-28-14-29-31(24)26)18-5-3-4-6-19(18)34-25(22)15-7-10-17(27)11-8-15/h3-14,24-25H,1-2H3,(H,28,29,30). The molecule has 0 fully saturated rings. The Labute approximate surface area is 201 Å². The number of aromatic nitrogens is 3. The average molecular weight is 473 g/mol. The van der Waals surface area contributed by atoms with Crippen molar-refractivity contribution in [3.05, 3.63) is 100 Å². The van der Waals surface area contributed by atoms with E-state index in [0.29, 0.717) is 22.5 Å². The molecule has 2 aliphatic heterocycles. The van der Waals surface area contributed by atoms with Gasteiger partial charge < -0.3 is 19.5 Å². The Bertz CT molecular complexity index is 1410. The first-order chi connectivity index (χ1) is 16.7. The number of anilines is 1. The highest BCUT2D eigenvalue weighted by Crippen LogP contribution is 2.51. The molecule has 6 rings (SSSR count). The Morgan fingerprint density at radius 2 is 1.71 bits per heavy atom. The molecule has 4 aromatic rings. The monoisotopic (exact) mass is 472 g/mol. The summed E-state index contributed by atoms with van der Waals surface area (Å²) >= 11 is 6.19. The van der Waals surface area contributed by atoms with Gasteiger partial charge in [0.15, 0.2) is 11.5 Å². The summed E-state index contributed by atoms with van der Waals surface area (Å²) in [5.74, 6) is 2.76. The van der Waals surface area contributed by atoms with Crippen LogP contribution in [0.1, 0.15) is 28.8 Å². The molecule has 0 saturated heterocycles. The lowest BCUT2D eigenvalue weighted by Crippen LogP contribution is -2.32. The zero-order chi connectivity index (χ0) is 23.2. The molecule has 3 aromatic carbocycles. The van der Waals surface area contributed by atoms with Crippen LogP contribution in [0.3, 0.4) is 0 Å². The van der Waals surface area contributed by atoms with Gasteiger partial charge in [0.2, 0.25) is 5.95 Å². The predicted molar refractivity (Wildman–Crippen MR) is 130 cm³/mol. The van der Waals surface area contributed by atoms with Gasteiger partial charge in [-0.2, -0.15) is 10.1 Å². The van der Waals surface area contributed by atoms with Gasteiger partial charge in [0.25, 0.3) is 0 Å². The number of halogens is 1. The molecular weight excluding hydrogens is 452 g/mol. The summed E-state index contributed by atoms with van der Waals surface area (Å²) in [6, 6.07) is 21.4. The van der Waals surface area contributed by atoms with Crippen LogP contribution >= 0.6 is 11.6 Å². The minimum atomic E-state index is -0.370. The molecular formula is C26H21ClN4O3. The predicted octanol–water partition coefficient (Wildman–Crippen LogP) is 5.51. The molecule has 0 radical (unpaired) electrons. The molecule has 0 bridgehead atoms. The fourth-order valence-electron chi connectivity index (χ4n) is 4.67. The molecule has 0 saturated carbocycles. The van der Waals surface area contributed by atoms with Crippen LogP contribution in [-0.4, -0.2) is 29.0 Å². The van der Waals surface area contributed by atoms with Crippen LogP contribution in [0.15, 0.2) is 78.6 Å². The van der Waals surface area contributed by atoms with Crippen LogP contribution in [0, 0.1) is 0 Å². The van der Waals surface area contributed by atoms with E-state index in [4.69, 9.17) is 25.8 Å². The van der Waals surface area contributed by atoms with E-state index in [0.717, 1.165) is 33.7 Å². The second-order valence-electron chi connectivity index (χ2n) is 8.05. The fourth-order valence-corrected chi connectivity index (χ4v) is 4.80. The van der Waals surface area contributed by atoms with Crippen LogP contribution in [0.2, 0.25) is 5.02 Å². The Kier molecular flexibility index (Phi) is 4.92. The van der Waals surface area contributed by atoms with Crippen LogP contribution in [0.4, 0.5) is 5.95 Å². The zero-order valence-corrected chi connectivity index (χ0v) is 19.3. The summed E-state index contributed by atoms with van der Waals surface area (Å²) in [4.78, 5) is 4.47. The molecule has 1 aromatic heterocycles. The molecule has 34 heavy (non-hydrogen) atoms. The van der Waals surface area contributed by atoms with Crippen LogP contribution in [0.5, 0.6) is 17.2 Å². The van der Waals surface area contributed by atoms with Gasteiger partial charge in [0.05, 0.1) is 19.9 Å². The maximum absolute atomic E-state index is 6.61. The lowest BCUT2D eigenvalue weighted by atomic mass is 9.84. The van der Waals surface area contributed by atoms with Gasteiger partial charge in [0.1, 0.15) is 24.2 Å². The first-order valence-corrected chi connectivity index (χ1v) is 11.2. The van der Waals surface area contributed by atoms with Crippen molar-refractivity contribution >= 4 is 23.2 Å². The highest BCUT2D eigenvalue weighted by Gasteiger charge is 2.41. The molecule has 0 spiro atoms. The molecule has 2 aliphatic rings. The Hall–Kier alpha value is -3.97. The van der Waals surface area contributed by atoms with E-state index >= 15 is 0 Å². The summed E-state index contributed by atoms with van der Waals surface area (Å²) in [7, 11) is 3.26. The summed E-state index contributed by atoms with van der Waals surface area (Å²) in [6.45, 7) is 0. The molecule has 3 heterocycles. The third-order valence-corrected chi connectivity index (χ3v) is 6.47. The van der Waals surface area contributed by atoms with Crippen molar-refractivity contribution in [3.8, 4) is 17.2 Å². The highest BCUT2D eigenvalue weighted by atomic mass is 35.5. The molecule has 2 atom stereocenters. The number of fused-ring (bicyclic) bond motifs is 3.